The molecule has 1 aromatic heterocycles. The van der Waals surface area contributed by atoms with E-state index in [0.29, 0.717) is 49.5 Å². The average Bonchev–Trinajstić information content (AvgIpc) is 3.26. The van der Waals surface area contributed by atoms with Crippen LogP contribution in [0.25, 0.3) is 0 Å². The second kappa shape index (κ2) is 8.96. The predicted molar refractivity (Wildman–Crippen MR) is 114 cm³/mol. The Hall–Kier alpha value is -2.73. The van der Waals surface area contributed by atoms with Crippen LogP contribution in [-0.2, 0) is 9.53 Å². The number of nitrogens with zero attached hydrogens (tertiary/aromatic N) is 1. The van der Waals surface area contributed by atoms with Gasteiger partial charge in [-0.2, -0.15) is 0 Å². The molecule has 8 nitrogen and oxygen atoms in total. The molecule has 0 aliphatic carbocycles. The number of nitrogens with one attached hydrogen (secondary N) is 2. The fraction of sp³-hybridized carbons (Fsp3) is 0.571. The molecule has 0 aromatic carbocycles. The lowest BCUT2D eigenvalue weighted by Gasteiger charge is -2.32. The van der Waals surface area contributed by atoms with Crippen LogP contribution < -0.4 is 10.6 Å². The first kappa shape index (κ1) is 22.0. The van der Waals surface area contributed by atoms with E-state index in [0.717, 1.165) is 11.3 Å². The Morgan fingerprint density at radius 1 is 1.30 bits per heavy atom. The van der Waals surface area contributed by atoms with Gasteiger partial charge in [-0.3, -0.25) is 4.79 Å². The zero-order valence-corrected chi connectivity index (χ0v) is 18.2. The summed E-state index contributed by atoms with van der Waals surface area (Å²) in [7, 11) is 0. The molecule has 3 rings (SSSR count). The summed E-state index contributed by atoms with van der Waals surface area (Å²) in [5.74, 6) is 4.96. The number of carboxylic acid groups (broad SMARTS) is 1. The Kier molecular flexibility index (Phi) is 6.56. The third-order valence-corrected chi connectivity index (χ3v) is 5.88. The van der Waals surface area contributed by atoms with Crippen molar-refractivity contribution in [3.63, 3.8) is 0 Å². The van der Waals surface area contributed by atoms with Crippen LogP contribution in [0.1, 0.15) is 54.6 Å². The Morgan fingerprint density at radius 2 is 2.00 bits per heavy atom. The quantitative estimate of drug-likeness (QED) is 0.630. The van der Waals surface area contributed by atoms with Gasteiger partial charge in [0.15, 0.2) is 6.10 Å². The van der Waals surface area contributed by atoms with Crippen LogP contribution >= 0.6 is 11.3 Å². The van der Waals surface area contributed by atoms with Crippen molar-refractivity contribution in [1.29, 1.82) is 0 Å². The van der Waals surface area contributed by atoms with Gasteiger partial charge >= 0.3 is 12.1 Å². The van der Waals surface area contributed by atoms with Gasteiger partial charge in [0.1, 0.15) is 4.88 Å². The first-order valence-electron chi connectivity index (χ1n) is 10.0. The van der Waals surface area contributed by atoms with Gasteiger partial charge < -0.3 is 25.4 Å². The maximum absolute atomic E-state index is 12.3. The summed E-state index contributed by atoms with van der Waals surface area (Å²) in [5, 5.41) is 15.5. The molecule has 2 aliphatic rings. The highest BCUT2D eigenvalue weighted by atomic mass is 32.1. The molecule has 2 fully saturated rings. The second-order valence-corrected chi connectivity index (χ2v) is 9.57. The van der Waals surface area contributed by atoms with E-state index in [1.807, 2.05) is 20.8 Å². The van der Waals surface area contributed by atoms with E-state index >= 15 is 0 Å². The topological polar surface area (TPSA) is 108 Å². The van der Waals surface area contributed by atoms with Crippen LogP contribution in [0.3, 0.4) is 0 Å². The molecular weight excluding hydrogens is 406 g/mol. The van der Waals surface area contributed by atoms with Crippen molar-refractivity contribution in [3.8, 4) is 11.8 Å². The molecule has 9 heteroatoms. The molecular formula is C21H27N3O5S. The van der Waals surface area contributed by atoms with E-state index in [1.54, 1.807) is 11.0 Å². The molecule has 3 N–H and O–H groups in total. The molecule has 0 spiro atoms. The van der Waals surface area contributed by atoms with Crippen LogP contribution in [0.4, 0.5) is 10.5 Å². The van der Waals surface area contributed by atoms with Gasteiger partial charge in [0.25, 0.3) is 5.91 Å². The number of amides is 2. The number of aromatic carboxylic acids is 1. The third-order valence-electron chi connectivity index (χ3n) is 4.84. The third kappa shape index (κ3) is 5.66. The molecule has 2 amide bonds. The Bertz CT molecular complexity index is 885. The molecule has 0 radical (unpaired) electrons. The summed E-state index contributed by atoms with van der Waals surface area (Å²) in [5.41, 5.74) is 0.399. The van der Waals surface area contributed by atoms with E-state index in [4.69, 9.17) is 4.74 Å². The summed E-state index contributed by atoms with van der Waals surface area (Å²) in [6.07, 6.45) is 0.634. The van der Waals surface area contributed by atoms with Crippen molar-refractivity contribution < 1.29 is 24.2 Å². The minimum atomic E-state index is -0.984. The van der Waals surface area contributed by atoms with Crippen LogP contribution in [0.5, 0.6) is 0 Å². The van der Waals surface area contributed by atoms with Crippen molar-refractivity contribution in [3.05, 3.63) is 15.8 Å². The highest BCUT2D eigenvalue weighted by molar-refractivity contribution is 7.15. The number of piperidine rings is 1. The highest BCUT2D eigenvalue weighted by Crippen LogP contribution is 2.29. The average molecular weight is 434 g/mol. The Labute approximate surface area is 180 Å². The van der Waals surface area contributed by atoms with E-state index in [1.165, 1.54) is 0 Å². The zero-order valence-electron chi connectivity index (χ0n) is 17.4. The number of hydrogen-bond acceptors (Lipinski definition) is 6. The lowest BCUT2D eigenvalue weighted by Crippen LogP contribution is -2.44. The van der Waals surface area contributed by atoms with Gasteiger partial charge in [-0.05, 0) is 39.7 Å². The number of likely N-dealkylation sites (tertiary alicyclic amines) is 1. The number of carbonyl (C=O) groups is 3. The van der Waals surface area contributed by atoms with Crippen LogP contribution in [0.15, 0.2) is 6.07 Å². The summed E-state index contributed by atoms with van der Waals surface area (Å²) in [4.78, 5) is 38.0. The maximum atomic E-state index is 12.3. The van der Waals surface area contributed by atoms with Crippen molar-refractivity contribution in [2.45, 2.75) is 52.2 Å². The van der Waals surface area contributed by atoms with Crippen molar-refractivity contribution in [1.82, 2.24) is 10.2 Å². The van der Waals surface area contributed by atoms with Gasteiger partial charge in [0.2, 0.25) is 0 Å². The molecule has 2 aliphatic heterocycles. The zero-order chi connectivity index (χ0) is 21.9. The van der Waals surface area contributed by atoms with Gasteiger partial charge in [0, 0.05) is 37.5 Å². The van der Waals surface area contributed by atoms with Gasteiger partial charge in [-0.1, -0.05) is 11.8 Å². The number of carboxylic acids is 1. The first-order chi connectivity index (χ1) is 14.1. The molecule has 0 unspecified atom stereocenters. The molecule has 162 valence electrons. The first-order valence-corrected chi connectivity index (χ1v) is 10.8. The summed E-state index contributed by atoms with van der Waals surface area (Å²) in [6, 6.07) is 1.83. The Morgan fingerprint density at radius 3 is 2.57 bits per heavy atom. The van der Waals surface area contributed by atoms with Gasteiger partial charge in [-0.15, -0.1) is 11.3 Å². The fourth-order valence-electron chi connectivity index (χ4n) is 3.27. The number of thiophene rings is 1. The molecule has 30 heavy (non-hydrogen) atoms. The molecule has 0 saturated carbocycles. The summed E-state index contributed by atoms with van der Waals surface area (Å²) < 4.78 is 5.29. The van der Waals surface area contributed by atoms with Crippen molar-refractivity contribution in [2.75, 3.05) is 25.0 Å². The molecule has 0 bridgehead atoms. The molecule has 3 heterocycles. The standard InChI is InChI=1S/C21H27N3O5S/c1-21(2,3)8-4-14-12-15(17(30-14)19(26)27)23-13-6-10-24(11-7-13)20(28)29-16-5-9-22-18(16)25/h12-13,16,23H,5-7,9-11H2,1-3H3,(H,22,25)(H,26,27)/t16-/m0/s1. The second-order valence-electron chi connectivity index (χ2n) is 8.52. The van der Waals surface area contributed by atoms with E-state index < -0.39 is 18.2 Å². The highest BCUT2D eigenvalue weighted by Gasteiger charge is 2.31. The van der Waals surface area contributed by atoms with Crippen LogP contribution in [-0.4, -0.2) is 59.8 Å². The molecule has 2 saturated heterocycles. The molecule has 1 aromatic rings. The normalized spacial score (nSPS) is 19.6. The monoisotopic (exact) mass is 433 g/mol. The largest absolute Gasteiger partial charge is 0.477 e. The van der Waals surface area contributed by atoms with Gasteiger partial charge in [0.05, 0.1) is 10.6 Å². The fourth-order valence-corrected chi connectivity index (χ4v) is 4.09. The van der Waals surface area contributed by atoms with Gasteiger partial charge in [-0.25, -0.2) is 9.59 Å². The number of ether oxygens (including phenoxy) is 1. The van der Waals surface area contributed by atoms with Crippen LogP contribution in [0.2, 0.25) is 0 Å². The number of hydrogen-bond donors (Lipinski definition) is 3. The summed E-state index contributed by atoms with van der Waals surface area (Å²) >= 11 is 1.16. The molecule has 1 atom stereocenters. The predicted octanol–water partition coefficient (Wildman–Crippen LogP) is 2.75. The summed E-state index contributed by atoms with van der Waals surface area (Å²) in [6.45, 7) is 7.49. The minimum Gasteiger partial charge on any atom is -0.477 e. The van der Waals surface area contributed by atoms with E-state index in [-0.39, 0.29) is 22.2 Å². The Balaban J connectivity index is 1.58. The van der Waals surface area contributed by atoms with E-state index in [2.05, 4.69) is 22.5 Å². The maximum Gasteiger partial charge on any atom is 0.410 e. The van der Waals surface area contributed by atoms with Crippen LogP contribution in [0, 0.1) is 17.3 Å². The van der Waals surface area contributed by atoms with E-state index in [9.17, 15) is 19.5 Å². The minimum absolute atomic E-state index is 0.0416. The number of carbonyl (C=O) groups excluding carboxylic acids is 2. The number of anilines is 1. The SMILES string of the molecule is CC(C)(C)C#Cc1cc(NC2CCN(C(=O)O[C@H]3CCNC3=O)CC2)c(C(=O)O)s1. The lowest BCUT2D eigenvalue weighted by atomic mass is 9.98. The van der Waals surface area contributed by atoms with Crippen molar-refractivity contribution >= 4 is 35.0 Å². The smallest absolute Gasteiger partial charge is 0.410 e. The van der Waals surface area contributed by atoms with Crippen molar-refractivity contribution in [2.24, 2.45) is 5.41 Å². The lowest BCUT2D eigenvalue weighted by molar-refractivity contribution is -0.126. The number of rotatable bonds is 4.